The van der Waals surface area contributed by atoms with Gasteiger partial charge in [-0.3, -0.25) is 4.57 Å². The molecular weight excluding hydrogens is 384 g/mol. The summed E-state index contributed by atoms with van der Waals surface area (Å²) in [4.78, 5) is 25.5. The summed E-state index contributed by atoms with van der Waals surface area (Å²) < 4.78 is 8.92. The van der Waals surface area contributed by atoms with Gasteiger partial charge in [0.1, 0.15) is 5.60 Å². The molecule has 1 heterocycles. The molecule has 25 heavy (non-hydrogen) atoms. The SMILES string of the molecule is CC(C)(C)OC(=O)n1c(=O)n(Cc2ccccc2)c2cc(Br)ccc21. The van der Waals surface area contributed by atoms with E-state index in [0.717, 1.165) is 14.6 Å². The maximum absolute atomic E-state index is 12.9. The van der Waals surface area contributed by atoms with Gasteiger partial charge in [-0.15, -0.1) is 0 Å². The standard InChI is InChI=1S/C19H19BrN2O3/c1-19(2,3)25-18(24)22-15-10-9-14(20)11-16(15)21(17(22)23)12-13-7-5-4-6-8-13/h4-11H,12H2,1-3H3. The van der Waals surface area contributed by atoms with Crippen LogP contribution in [-0.2, 0) is 11.3 Å². The largest absolute Gasteiger partial charge is 0.443 e. The summed E-state index contributed by atoms with van der Waals surface area (Å²) in [6.45, 7) is 5.70. The summed E-state index contributed by atoms with van der Waals surface area (Å²) in [5.41, 5.74) is 1.09. The summed E-state index contributed by atoms with van der Waals surface area (Å²) >= 11 is 3.43. The normalized spacial score (nSPS) is 11.7. The average Bonchev–Trinajstić information content (AvgIpc) is 2.79. The number of aromatic nitrogens is 2. The summed E-state index contributed by atoms with van der Waals surface area (Å²) in [6.07, 6.45) is -0.670. The Labute approximate surface area is 154 Å². The van der Waals surface area contributed by atoms with E-state index < -0.39 is 17.4 Å². The Balaban J connectivity index is 2.17. The van der Waals surface area contributed by atoms with E-state index in [2.05, 4.69) is 15.9 Å². The highest BCUT2D eigenvalue weighted by Crippen LogP contribution is 2.21. The number of carbonyl (C=O) groups is 1. The van der Waals surface area contributed by atoms with Gasteiger partial charge in [-0.05, 0) is 44.5 Å². The minimum absolute atomic E-state index is 0.377. The molecule has 3 aromatic rings. The fraction of sp³-hybridized carbons (Fsp3) is 0.263. The topological polar surface area (TPSA) is 53.2 Å². The van der Waals surface area contributed by atoms with Gasteiger partial charge in [-0.1, -0.05) is 46.3 Å². The first-order chi connectivity index (χ1) is 11.8. The first-order valence-corrected chi connectivity index (χ1v) is 8.74. The van der Waals surface area contributed by atoms with Crippen molar-refractivity contribution in [1.82, 2.24) is 9.13 Å². The van der Waals surface area contributed by atoms with E-state index in [1.165, 1.54) is 0 Å². The lowest BCUT2D eigenvalue weighted by Crippen LogP contribution is -2.34. The average molecular weight is 403 g/mol. The van der Waals surface area contributed by atoms with E-state index in [4.69, 9.17) is 4.74 Å². The van der Waals surface area contributed by atoms with Crippen LogP contribution < -0.4 is 5.69 Å². The lowest BCUT2D eigenvalue weighted by atomic mass is 10.2. The molecule has 1 aromatic heterocycles. The maximum Gasteiger partial charge on any atom is 0.423 e. The smallest absolute Gasteiger partial charge is 0.423 e. The van der Waals surface area contributed by atoms with Crippen molar-refractivity contribution in [2.45, 2.75) is 32.9 Å². The monoisotopic (exact) mass is 402 g/mol. The van der Waals surface area contributed by atoms with Gasteiger partial charge >= 0.3 is 11.8 Å². The molecule has 0 atom stereocenters. The Kier molecular flexibility index (Phi) is 4.56. The summed E-state index contributed by atoms with van der Waals surface area (Å²) in [7, 11) is 0. The highest BCUT2D eigenvalue weighted by Gasteiger charge is 2.24. The van der Waals surface area contributed by atoms with Crippen molar-refractivity contribution >= 4 is 33.1 Å². The molecule has 0 aliphatic heterocycles. The van der Waals surface area contributed by atoms with Crippen molar-refractivity contribution in [2.24, 2.45) is 0 Å². The number of halogens is 1. The molecule has 0 unspecified atom stereocenters. The van der Waals surface area contributed by atoms with E-state index in [9.17, 15) is 9.59 Å². The molecule has 0 aliphatic rings. The van der Waals surface area contributed by atoms with Crippen LogP contribution in [-0.4, -0.2) is 20.8 Å². The third-order valence-electron chi connectivity index (χ3n) is 3.65. The van der Waals surface area contributed by atoms with Gasteiger partial charge in [0, 0.05) is 4.47 Å². The molecule has 130 valence electrons. The Morgan fingerprint density at radius 2 is 1.76 bits per heavy atom. The summed E-state index contributed by atoms with van der Waals surface area (Å²) in [5.74, 6) is 0. The zero-order valence-corrected chi connectivity index (χ0v) is 15.9. The Morgan fingerprint density at radius 1 is 1.08 bits per heavy atom. The number of rotatable bonds is 2. The van der Waals surface area contributed by atoms with Crippen LogP contribution in [0.3, 0.4) is 0 Å². The number of ether oxygens (including phenoxy) is 1. The zero-order chi connectivity index (χ0) is 18.2. The van der Waals surface area contributed by atoms with Crippen molar-refractivity contribution in [1.29, 1.82) is 0 Å². The number of hydrogen-bond acceptors (Lipinski definition) is 3. The fourth-order valence-corrected chi connectivity index (χ4v) is 2.98. The predicted octanol–water partition coefficient (Wildman–Crippen LogP) is 4.40. The van der Waals surface area contributed by atoms with Crippen LogP contribution in [0.15, 0.2) is 57.8 Å². The van der Waals surface area contributed by atoms with Crippen LogP contribution in [0.2, 0.25) is 0 Å². The molecule has 2 aromatic carbocycles. The Bertz CT molecular complexity index is 982. The van der Waals surface area contributed by atoms with Crippen molar-refractivity contribution in [3.05, 3.63) is 69.1 Å². The molecule has 3 rings (SSSR count). The molecule has 0 bridgehead atoms. The van der Waals surface area contributed by atoms with Gasteiger partial charge in [0.2, 0.25) is 0 Å². The van der Waals surface area contributed by atoms with Gasteiger partial charge in [-0.2, -0.15) is 4.57 Å². The molecule has 0 N–H and O–H groups in total. The maximum atomic E-state index is 12.9. The zero-order valence-electron chi connectivity index (χ0n) is 14.3. The third-order valence-corrected chi connectivity index (χ3v) is 4.14. The van der Waals surface area contributed by atoms with Crippen LogP contribution in [0.1, 0.15) is 26.3 Å². The molecule has 5 nitrogen and oxygen atoms in total. The molecule has 0 radical (unpaired) electrons. The Hall–Kier alpha value is -2.34. The second-order valence-corrected chi connectivity index (χ2v) is 7.72. The van der Waals surface area contributed by atoms with Crippen LogP contribution >= 0.6 is 15.9 Å². The van der Waals surface area contributed by atoms with Crippen molar-refractivity contribution in [2.75, 3.05) is 0 Å². The van der Waals surface area contributed by atoms with E-state index in [1.54, 1.807) is 37.5 Å². The Morgan fingerprint density at radius 3 is 2.40 bits per heavy atom. The summed E-state index contributed by atoms with van der Waals surface area (Å²) in [6, 6.07) is 15.0. The highest BCUT2D eigenvalue weighted by atomic mass is 79.9. The van der Waals surface area contributed by atoms with E-state index in [1.807, 2.05) is 36.4 Å². The fourth-order valence-electron chi connectivity index (χ4n) is 2.63. The number of nitrogens with zero attached hydrogens (tertiary/aromatic N) is 2. The first-order valence-electron chi connectivity index (χ1n) is 7.94. The number of imidazole rings is 1. The minimum atomic E-state index is -0.681. The molecule has 0 spiro atoms. The minimum Gasteiger partial charge on any atom is -0.443 e. The molecule has 0 fully saturated rings. The second kappa shape index (κ2) is 6.52. The molecular formula is C19H19BrN2O3. The number of fused-ring (bicyclic) bond motifs is 1. The van der Waals surface area contributed by atoms with Gasteiger partial charge in [0.15, 0.2) is 0 Å². The number of carbonyl (C=O) groups excluding carboxylic acids is 1. The van der Waals surface area contributed by atoms with Crippen molar-refractivity contribution in [3.63, 3.8) is 0 Å². The van der Waals surface area contributed by atoms with Crippen LogP contribution in [0.4, 0.5) is 4.79 Å². The molecule has 0 saturated heterocycles. The van der Waals surface area contributed by atoms with Crippen LogP contribution in [0.5, 0.6) is 0 Å². The van der Waals surface area contributed by atoms with Gasteiger partial charge < -0.3 is 4.74 Å². The van der Waals surface area contributed by atoms with E-state index in [-0.39, 0.29) is 0 Å². The second-order valence-electron chi connectivity index (χ2n) is 6.80. The molecule has 0 aliphatic carbocycles. The molecule has 0 saturated carbocycles. The molecule has 6 heteroatoms. The van der Waals surface area contributed by atoms with Crippen molar-refractivity contribution in [3.8, 4) is 0 Å². The highest BCUT2D eigenvalue weighted by molar-refractivity contribution is 9.10. The lowest BCUT2D eigenvalue weighted by molar-refractivity contribution is 0.0537. The lowest BCUT2D eigenvalue weighted by Gasteiger charge is -2.19. The van der Waals surface area contributed by atoms with Crippen LogP contribution in [0.25, 0.3) is 11.0 Å². The third kappa shape index (κ3) is 3.69. The van der Waals surface area contributed by atoms with E-state index >= 15 is 0 Å². The van der Waals surface area contributed by atoms with Gasteiger partial charge in [-0.25, -0.2) is 9.59 Å². The summed E-state index contributed by atoms with van der Waals surface area (Å²) in [5, 5.41) is 0. The number of benzene rings is 2. The first kappa shape index (κ1) is 17.5. The van der Waals surface area contributed by atoms with Gasteiger partial charge in [0.05, 0.1) is 17.6 Å². The predicted molar refractivity (Wildman–Crippen MR) is 101 cm³/mol. The van der Waals surface area contributed by atoms with Gasteiger partial charge in [0.25, 0.3) is 0 Å². The molecule has 0 amide bonds. The quantitative estimate of drug-likeness (QED) is 0.638. The number of hydrogen-bond donors (Lipinski definition) is 0. The van der Waals surface area contributed by atoms with Crippen molar-refractivity contribution < 1.29 is 9.53 Å². The van der Waals surface area contributed by atoms with E-state index in [0.29, 0.717) is 17.6 Å². The van der Waals surface area contributed by atoms with Crippen LogP contribution in [0, 0.1) is 0 Å².